The summed E-state index contributed by atoms with van der Waals surface area (Å²) < 4.78 is 5.15. The van der Waals surface area contributed by atoms with Gasteiger partial charge in [-0.2, -0.15) is 0 Å². The molecule has 1 aliphatic rings. The topological polar surface area (TPSA) is 48.9 Å². The molecule has 1 saturated heterocycles. The number of piperidine rings is 1. The molecule has 0 unspecified atom stereocenters. The number of hydrogen-bond acceptors (Lipinski definition) is 3. The second kappa shape index (κ2) is 12.8. The Morgan fingerprint density at radius 1 is 1.18 bits per heavy atom. The molecular weight excluding hydrogens is 348 g/mol. The lowest BCUT2D eigenvalue weighted by atomic mass is 10.0. The van der Waals surface area contributed by atoms with Crippen molar-refractivity contribution < 1.29 is 4.74 Å². The lowest BCUT2D eigenvalue weighted by Gasteiger charge is -2.33. The maximum atomic E-state index is 5.15. The molecule has 0 saturated carbocycles. The van der Waals surface area contributed by atoms with Crippen LogP contribution in [0.2, 0.25) is 0 Å². The van der Waals surface area contributed by atoms with Crippen molar-refractivity contribution in [2.24, 2.45) is 4.99 Å². The molecular formula is C23H40N4O. The smallest absolute Gasteiger partial charge is 0.191 e. The van der Waals surface area contributed by atoms with Crippen molar-refractivity contribution >= 4 is 5.96 Å². The van der Waals surface area contributed by atoms with Crippen molar-refractivity contribution in [3.05, 3.63) is 35.4 Å². The highest BCUT2D eigenvalue weighted by Crippen LogP contribution is 2.15. The minimum atomic E-state index is 0.522. The van der Waals surface area contributed by atoms with Crippen LogP contribution in [0.15, 0.2) is 29.3 Å². The fraction of sp³-hybridized carbons (Fsp3) is 0.696. The monoisotopic (exact) mass is 388 g/mol. The van der Waals surface area contributed by atoms with Gasteiger partial charge in [-0.15, -0.1) is 0 Å². The molecule has 1 aromatic carbocycles. The molecule has 0 aromatic heterocycles. The molecule has 1 aromatic rings. The third kappa shape index (κ3) is 8.19. The van der Waals surface area contributed by atoms with Crippen LogP contribution in [-0.4, -0.2) is 63.8 Å². The first-order chi connectivity index (χ1) is 13.6. The fourth-order valence-electron chi connectivity index (χ4n) is 3.69. The zero-order chi connectivity index (χ0) is 20.2. The number of benzene rings is 1. The van der Waals surface area contributed by atoms with Crippen LogP contribution in [0.3, 0.4) is 0 Å². The van der Waals surface area contributed by atoms with Gasteiger partial charge in [0.2, 0.25) is 0 Å². The minimum Gasteiger partial charge on any atom is -0.385 e. The van der Waals surface area contributed by atoms with E-state index in [4.69, 9.17) is 4.74 Å². The Labute approximate surface area is 171 Å². The normalized spacial score (nSPS) is 16.5. The van der Waals surface area contributed by atoms with E-state index >= 15 is 0 Å². The van der Waals surface area contributed by atoms with Crippen molar-refractivity contribution in [1.29, 1.82) is 0 Å². The zero-order valence-corrected chi connectivity index (χ0v) is 18.3. The zero-order valence-electron chi connectivity index (χ0n) is 18.3. The van der Waals surface area contributed by atoms with Crippen LogP contribution in [0.5, 0.6) is 0 Å². The molecule has 5 heteroatoms. The van der Waals surface area contributed by atoms with E-state index in [0.717, 1.165) is 58.0 Å². The number of aryl methyl sites for hydroxylation is 1. The van der Waals surface area contributed by atoms with E-state index in [1.165, 1.54) is 24.0 Å². The number of nitrogens with one attached hydrogen (secondary N) is 2. The van der Waals surface area contributed by atoms with Gasteiger partial charge in [0, 0.05) is 53.0 Å². The fourth-order valence-corrected chi connectivity index (χ4v) is 3.69. The summed E-state index contributed by atoms with van der Waals surface area (Å²) in [5.74, 6) is 1.54. The van der Waals surface area contributed by atoms with Gasteiger partial charge in [-0.05, 0) is 49.1 Å². The van der Waals surface area contributed by atoms with Crippen molar-refractivity contribution in [1.82, 2.24) is 15.5 Å². The highest BCUT2D eigenvalue weighted by Gasteiger charge is 2.19. The van der Waals surface area contributed by atoms with Gasteiger partial charge < -0.3 is 20.3 Å². The Kier molecular flexibility index (Phi) is 10.4. The molecule has 0 radical (unpaired) electrons. The van der Waals surface area contributed by atoms with Gasteiger partial charge in [0.1, 0.15) is 0 Å². The van der Waals surface area contributed by atoms with E-state index in [-0.39, 0.29) is 0 Å². The molecule has 5 nitrogen and oxygen atoms in total. The third-order valence-electron chi connectivity index (χ3n) is 5.56. The molecule has 0 atom stereocenters. The second-order valence-electron chi connectivity index (χ2n) is 8.11. The Hall–Kier alpha value is -1.59. The van der Waals surface area contributed by atoms with Crippen LogP contribution in [-0.2, 0) is 11.2 Å². The van der Waals surface area contributed by atoms with Gasteiger partial charge in [0.25, 0.3) is 0 Å². The summed E-state index contributed by atoms with van der Waals surface area (Å²) in [5.41, 5.74) is 2.83. The molecule has 28 heavy (non-hydrogen) atoms. The van der Waals surface area contributed by atoms with E-state index in [2.05, 4.69) is 58.6 Å². The number of hydrogen-bond donors (Lipinski definition) is 2. The molecule has 2 N–H and O–H groups in total. The maximum absolute atomic E-state index is 5.15. The summed E-state index contributed by atoms with van der Waals surface area (Å²) in [6, 6.07) is 9.57. The quantitative estimate of drug-likeness (QED) is 0.366. The predicted molar refractivity (Wildman–Crippen MR) is 119 cm³/mol. The highest BCUT2D eigenvalue weighted by atomic mass is 16.5. The summed E-state index contributed by atoms with van der Waals surface area (Å²) in [6.07, 6.45) is 5.69. The lowest BCUT2D eigenvalue weighted by molar-refractivity contribution is 0.155. The van der Waals surface area contributed by atoms with Crippen molar-refractivity contribution in [3.8, 4) is 0 Å². The Balaban J connectivity index is 1.61. The Morgan fingerprint density at radius 3 is 2.50 bits per heavy atom. The van der Waals surface area contributed by atoms with Gasteiger partial charge >= 0.3 is 0 Å². The van der Waals surface area contributed by atoms with Crippen molar-refractivity contribution in [2.45, 2.75) is 57.9 Å². The van der Waals surface area contributed by atoms with Crippen LogP contribution in [0.4, 0.5) is 0 Å². The lowest BCUT2D eigenvalue weighted by Crippen LogP contribution is -2.49. The number of methoxy groups -OCH3 is 1. The first-order valence-electron chi connectivity index (χ1n) is 10.9. The summed E-state index contributed by atoms with van der Waals surface area (Å²) in [5, 5.41) is 7.08. The SMILES string of the molecule is CN=C(NCCCc1ccc(C(C)C)cc1)NC1CCN(CCCOC)CC1. The van der Waals surface area contributed by atoms with Gasteiger partial charge in [-0.3, -0.25) is 4.99 Å². The third-order valence-corrected chi connectivity index (χ3v) is 5.56. The molecule has 0 amide bonds. The molecule has 2 rings (SSSR count). The number of ether oxygens (including phenoxy) is 1. The molecule has 0 bridgehead atoms. The Bertz CT molecular complexity index is 562. The Morgan fingerprint density at radius 2 is 1.89 bits per heavy atom. The van der Waals surface area contributed by atoms with Crippen LogP contribution in [0.1, 0.15) is 56.6 Å². The van der Waals surface area contributed by atoms with E-state index in [1.54, 1.807) is 7.11 Å². The average molecular weight is 389 g/mol. The number of aliphatic imine (C=N–C) groups is 1. The molecule has 158 valence electrons. The molecule has 0 spiro atoms. The van der Waals surface area contributed by atoms with E-state index < -0.39 is 0 Å². The van der Waals surface area contributed by atoms with Crippen LogP contribution in [0, 0.1) is 0 Å². The summed E-state index contributed by atoms with van der Waals surface area (Å²) in [4.78, 5) is 6.94. The standard InChI is InChI=1S/C23H40N4O/c1-19(2)21-10-8-20(9-11-21)7-5-14-25-23(24-3)26-22-12-16-27(17-13-22)15-6-18-28-4/h8-11,19,22H,5-7,12-18H2,1-4H3,(H2,24,25,26). The maximum Gasteiger partial charge on any atom is 0.191 e. The van der Waals surface area contributed by atoms with Gasteiger partial charge in [-0.1, -0.05) is 38.1 Å². The number of likely N-dealkylation sites (tertiary alicyclic amines) is 1. The highest BCUT2D eigenvalue weighted by molar-refractivity contribution is 5.79. The largest absolute Gasteiger partial charge is 0.385 e. The van der Waals surface area contributed by atoms with Crippen LogP contribution in [0.25, 0.3) is 0 Å². The average Bonchev–Trinajstić information content (AvgIpc) is 2.72. The van der Waals surface area contributed by atoms with Gasteiger partial charge in [0.15, 0.2) is 5.96 Å². The van der Waals surface area contributed by atoms with Crippen LogP contribution >= 0.6 is 0 Å². The molecule has 0 aliphatic carbocycles. The molecule has 1 aliphatic heterocycles. The van der Waals surface area contributed by atoms with Crippen molar-refractivity contribution in [3.63, 3.8) is 0 Å². The van der Waals surface area contributed by atoms with Gasteiger partial charge in [0.05, 0.1) is 0 Å². The van der Waals surface area contributed by atoms with Gasteiger partial charge in [-0.25, -0.2) is 0 Å². The first-order valence-corrected chi connectivity index (χ1v) is 10.9. The van der Waals surface area contributed by atoms with Crippen LogP contribution < -0.4 is 10.6 Å². The van der Waals surface area contributed by atoms with E-state index in [9.17, 15) is 0 Å². The predicted octanol–water partition coefficient (Wildman–Crippen LogP) is 3.41. The summed E-state index contributed by atoms with van der Waals surface area (Å²) >= 11 is 0. The first kappa shape index (κ1) is 22.7. The minimum absolute atomic E-state index is 0.522. The number of nitrogens with zero attached hydrogens (tertiary/aromatic N) is 2. The summed E-state index contributed by atoms with van der Waals surface area (Å²) in [6.45, 7) is 9.74. The number of guanidine groups is 1. The van der Waals surface area contributed by atoms with E-state index in [1.807, 2.05) is 7.05 Å². The number of rotatable bonds is 10. The van der Waals surface area contributed by atoms with Crippen molar-refractivity contribution in [2.75, 3.05) is 46.9 Å². The molecule has 1 fully saturated rings. The summed E-state index contributed by atoms with van der Waals surface area (Å²) in [7, 11) is 3.64. The van der Waals surface area contributed by atoms with E-state index in [0.29, 0.717) is 12.0 Å². The molecule has 1 heterocycles. The second-order valence-corrected chi connectivity index (χ2v) is 8.11.